The van der Waals surface area contributed by atoms with Crippen molar-refractivity contribution < 1.29 is 23.2 Å². The fraction of sp³-hybridized carbons (Fsp3) is 0.231. The molecule has 1 heterocycles. The van der Waals surface area contributed by atoms with Gasteiger partial charge < -0.3 is 14.9 Å². The number of amides is 2. The van der Waals surface area contributed by atoms with Crippen molar-refractivity contribution in [1.82, 2.24) is 10.5 Å². The van der Waals surface area contributed by atoms with Gasteiger partial charge in [0.05, 0.1) is 6.10 Å². The molecule has 1 atom stereocenters. The van der Waals surface area contributed by atoms with Crippen molar-refractivity contribution >= 4 is 11.8 Å². The summed E-state index contributed by atoms with van der Waals surface area (Å²) >= 11 is 0. The Balaban J connectivity index is 1.86. The molecule has 21 heavy (non-hydrogen) atoms. The molecule has 2 rings (SSSR count). The van der Waals surface area contributed by atoms with Gasteiger partial charge in [-0.2, -0.15) is 0 Å². The highest BCUT2D eigenvalue weighted by Crippen LogP contribution is 2.15. The number of carbonyl (C=O) groups excluding carboxylic acids is 1. The molecule has 1 aromatic carbocycles. The molecule has 0 aliphatic heterocycles. The van der Waals surface area contributed by atoms with E-state index in [9.17, 15) is 18.7 Å². The first-order chi connectivity index (χ1) is 9.95. The molecule has 3 N–H and O–H groups in total. The zero-order chi connectivity index (χ0) is 15.4. The van der Waals surface area contributed by atoms with E-state index in [0.29, 0.717) is 5.76 Å². The number of aliphatic hydroxyl groups is 1. The molecular formula is C13H13F2N3O3. The summed E-state index contributed by atoms with van der Waals surface area (Å²) in [5.74, 6) is -1.30. The predicted molar refractivity (Wildman–Crippen MR) is 69.6 cm³/mol. The lowest BCUT2D eigenvalue weighted by molar-refractivity contribution is 0.174. The number of rotatable bonds is 4. The first-order valence-electron chi connectivity index (χ1n) is 6.07. The van der Waals surface area contributed by atoms with Crippen molar-refractivity contribution in [3.63, 3.8) is 0 Å². The maximum absolute atomic E-state index is 13.0. The Bertz CT molecular complexity index is 645. The molecule has 112 valence electrons. The number of aliphatic hydroxyl groups excluding tert-OH is 1. The van der Waals surface area contributed by atoms with Gasteiger partial charge in [0.25, 0.3) is 0 Å². The Labute approximate surface area is 118 Å². The van der Waals surface area contributed by atoms with Gasteiger partial charge in [-0.05, 0) is 24.6 Å². The summed E-state index contributed by atoms with van der Waals surface area (Å²) in [4.78, 5) is 11.5. The summed E-state index contributed by atoms with van der Waals surface area (Å²) in [6.45, 7) is 1.50. The number of nitrogens with zero attached hydrogens (tertiary/aromatic N) is 1. The van der Waals surface area contributed by atoms with E-state index in [1.54, 1.807) is 6.92 Å². The van der Waals surface area contributed by atoms with Gasteiger partial charge in [0.15, 0.2) is 17.5 Å². The van der Waals surface area contributed by atoms with Crippen LogP contribution in [0, 0.1) is 18.6 Å². The lowest BCUT2D eigenvalue weighted by Gasteiger charge is -2.12. The van der Waals surface area contributed by atoms with E-state index in [0.717, 1.165) is 12.1 Å². The second kappa shape index (κ2) is 6.31. The number of aryl methyl sites for hydroxylation is 1. The molecule has 8 heteroatoms. The summed E-state index contributed by atoms with van der Waals surface area (Å²) in [5.41, 5.74) is 0.159. The zero-order valence-electron chi connectivity index (χ0n) is 11.1. The van der Waals surface area contributed by atoms with Crippen LogP contribution in [0.25, 0.3) is 0 Å². The molecular weight excluding hydrogens is 284 g/mol. The van der Waals surface area contributed by atoms with E-state index in [-0.39, 0.29) is 17.9 Å². The van der Waals surface area contributed by atoms with Gasteiger partial charge in [0.1, 0.15) is 5.76 Å². The molecule has 2 aromatic rings. The van der Waals surface area contributed by atoms with Crippen molar-refractivity contribution in [1.29, 1.82) is 0 Å². The number of hydrogen-bond donors (Lipinski definition) is 3. The minimum atomic E-state index is -1.16. The van der Waals surface area contributed by atoms with Crippen LogP contribution in [0.15, 0.2) is 28.8 Å². The maximum Gasteiger partial charge on any atom is 0.320 e. The molecule has 0 spiro atoms. The Hall–Kier alpha value is -2.48. The van der Waals surface area contributed by atoms with E-state index in [2.05, 4.69) is 15.8 Å². The van der Waals surface area contributed by atoms with Crippen LogP contribution < -0.4 is 10.6 Å². The number of urea groups is 1. The van der Waals surface area contributed by atoms with E-state index in [1.165, 1.54) is 12.1 Å². The summed E-state index contributed by atoms with van der Waals surface area (Å²) < 4.78 is 30.6. The first-order valence-corrected chi connectivity index (χ1v) is 6.07. The SMILES string of the molecule is Cc1cc(NC(=O)NC[C@H](O)c2ccc(F)c(F)c2)no1. The second-order valence-electron chi connectivity index (χ2n) is 4.35. The van der Waals surface area contributed by atoms with Crippen molar-refractivity contribution in [2.24, 2.45) is 0 Å². The Morgan fingerprint density at radius 2 is 2.14 bits per heavy atom. The molecule has 1 aromatic heterocycles. The number of benzene rings is 1. The van der Waals surface area contributed by atoms with Crippen molar-refractivity contribution in [3.8, 4) is 0 Å². The summed E-state index contributed by atoms with van der Waals surface area (Å²) in [7, 11) is 0. The number of carbonyl (C=O) groups is 1. The number of anilines is 1. The highest BCUT2D eigenvalue weighted by molar-refractivity contribution is 5.88. The summed E-state index contributed by atoms with van der Waals surface area (Å²) in [5, 5.41) is 18.1. The van der Waals surface area contributed by atoms with Crippen LogP contribution in [-0.4, -0.2) is 22.8 Å². The monoisotopic (exact) mass is 297 g/mol. The number of halogens is 2. The molecule has 0 unspecified atom stereocenters. The molecule has 6 nitrogen and oxygen atoms in total. The van der Waals surface area contributed by atoms with Crippen LogP contribution in [-0.2, 0) is 0 Å². The lowest BCUT2D eigenvalue weighted by atomic mass is 10.1. The average Bonchev–Trinajstić information content (AvgIpc) is 2.84. The highest BCUT2D eigenvalue weighted by Gasteiger charge is 2.13. The molecule has 0 radical (unpaired) electrons. The summed E-state index contributed by atoms with van der Waals surface area (Å²) in [6.07, 6.45) is -1.16. The smallest absolute Gasteiger partial charge is 0.320 e. The maximum atomic E-state index is 13.0. The van der Waals surface area contributed by atoms with Gasteiger partial charge >= 0.3 is 6.03 Å². The first kappa shape index (κ1) is 14.9. The normalized spacial score (nSPS) is 12.0. The minimum Gasteiger partial charge on any atom is -0.387 e. The standard InChI is InChI=1S/C13H13F2N3O3/c1-7-4-12(18-21-7)17-13(20)16-6-11(19)8-2-3-9(14)10(15)5-8/h2-5,11,19H,6H2,1H3,(H2,16,17,18,20)/t11-/m0/s1. The third-order valence-corrected chi connectivity index (χ3v) is 2.65. The van der Waals surface area contributed by atoms with E-state index < -0.39 is 23.8 Å². The third kappa shape index (κ3) is 3.99. The van der Waals surface area contributed by atoms with Gasteiger partial charge in [-0.3, -0.25) is 5.32 Å². The Morgan fingerprint density at radius 1 is 1.38 bits per heavy atom. The van der Waals surface area contributed by atoms with Gasteiger partial charge in [-0.15, -0.1) is 0 Å². The molecule has 0 fully saturated rings. The molecule has 0 bridgehead atoms. The Morgan fingerprint density at radius 3 is 2.76 bits per heavy atom. The fourth-order valence-electron chi connectivity index (χ4n) is 1.61. The molecule has 0 aliphatic rings. The quantitative estimate of drug-likeness (QED) is 0.806. The van der Waals surface area contributed by atoms with Gasteiger partial charge in [0.2, 0.25) is 0 Å². The second-order valence-corrected chi connectivity index (χ2v) is 4.35. The van der Waals surface area contributed by atoms with Crippen molar-refractivity contribution in [2.75, 3.05) is 11.9 Å². The van der Waals surface area contributed by atoms with Crippen LogP contribution in [0.3, 0.4) is 0 Å². The van der Waals surface area contributed by atoms with Crippen LogP contribution in [0.2, 0.25) is 0 Å². The number of aromatic nitrogens is 1. The predicted octanol–water partition coefficient (Wildman–Crippen LogP) is 2.12. The van der Waals surface area contributed by atoms with Crippen molar-refractivity contribution in [3.05, 3.63) is 47.2 Å². The highest BCUT2D eigenvalue weighted by atomic mass is 19.2. The van der Waals surface area contributed by atoms with Gasteiger partial charge in [-0.1, -0.05) is 11.2 Å². The molecule has 0 saturated carbocycles. The van der Waals surface area contributed by atoms with Gasteiger partial charge in [-0.25, -0.2) is 13.6 Å². The van der Waals surface area contributed by atoms with E-state index >= 15 is 0 Å². The van der Waals surface area contributed by atoms with Crippen LogP contribution >= 0.6 is 0 Å². The van der Waals surface area contributed by atoms with Crippen LogP contribution in [0.1, 0.15) is 17.4 Å². The zero-order valence-corrected chi connectivity index (χ0v) is 11.1. The molecule has 2 amide bonds. The summed E-state index contributed by atoms with van der Waals surface area (Å²) in [6, 6.07) is 3.94. The average molecular weight is 297 g/mol. The van der Waals surface area contributed by atoms with Gasteiger partial charge in [0, 0.05) is 12.6 Å². The number of hydrogen-bond acceptors (Lipinski definition) is 4. The van der Waals surface area contributed by atoms with E-state index in [1.807, 2.05) is 0 Å². The lowest BCUT2D eigenvalue weighted by Crippen LogP contribution is -2.32. The minimum absolute atomic E-state index is 0.159. The topological polar surface area (TPSA) is 87.4 Å². The molecule has 0 aliphatic carbocycles. The largest absolute Gasteiger partial charge is 0.387 e. The fourth-order valence-corrected chi connectivity index (χ4v) is 1.61. The van der Waals surface area contributed by atoms with Crippen molar-refractivity contribution in [2.45, 2.75) is 13.0 Å². The van der Waals surface area contributed by atoms with Crippen LogP contribution in [0.5, 0.6) is 0 Å². The van der Waals surface area contributed by atoms with Crippen LogP contribution in [0.4, 0.5) is 19.4 Å². The third-order valence-electron chi connectivity index (χ3n) is 2.65. The molecule has 0 saturated heterocycles. The Kier molecular flexibility index (Phi) is 4.49. The van der Waals surface area contributed by atoms with E-state index in [4.69, 9.17) is 4.52 Å². The number of nitrogens with one attached hydrogen (secondary N) is 2.